The number of nitrogens with zero attached hydrogens (tertiary/aromatic N) is 4. The lowest BCUT2D eigenvalue weighted by Crippen LogP contribution is -2.32. The molecule has 3 heterocycles. The molecule has 1 saturated carbocycles. The van der Waals surface area contributed by atoms with Gasteiger partial charge in [-0.15, -0.1) is 10.2 Å². The molecule has 2 aromatic rings. The molecule has 3 fully saturated rings. The second-order valence-electron chi connectivity index (χ2n) is 10.2. The van der Waals surface area contributed by atoms with E-state index in [0.717, 1.165) is 48.0 Å². The average Bonchev–Trinajstić information content (AvgIpc) is 3.37. The number of anilines is 1. The summed E-state index contributed by atoms with van der Waals surface area (Å²) in [4.78, 5) is 16.3. The van der Waals surface area contributed by atoms with Gasteiger partial charge in [0.1, 0.15) is 5.82 Å². The lowest BCUT2D eigenvalue weighted by atomic mass is 10.00. The minimum absolute atomic E-state index is 0.000203. The van der Waals surface area contributed by atoms with E-state index in [4.69, 9.17) is 4.74 Å². The highest BCUT2D eigenvalue weighted by atomic mass is 16.5. The van der Waals surface area contributed by atoms with Gasteiger partial charge in [-0.25, -0.2) is 0 Å². The normalized spacial score (nSPS) is 25.7. The van der Waals surface area contributed by atoms with Crippen LogP contribution in [0.25, 0.3) is 11.3 Å². The number of hydrogen-bond donors (Lipinski definition) is 1. The quantitative estimate of drug-likeness (QED) is 0.729. The van der Waals surface area contributed by atoms with Crippen LogP contribution in [0.1, 0.15) is 36.0 Å². The summed E-state index contributed by atoms with van der Waals surface area (Å²) in [6.07, 6.45) is 4.89. The van der Waals surface area contributed by atoms with Gasteiger partial charge in [-0.1, -0.05) is 12.1 Å². The van der Waals surface area contributed by atoms with Crippen molar-refractivity contribution in [2.24, 2.45) is 17.8 Å². The number of nitrogens with one attached hydrogen (secondary N) is 1. The van der Waals surface area contributed by atoms with Crippen molar-refractivity contribution in [1.82, 2.24) is 20.0 Å². The maximum atomic E-state index is 12.1. The third-order valence-electron chi connectivity index (χ3n) is 7.53. The van der Waals surface area contributed by atoms with Gasteiger partial charge >= 0.3 is 0 Å². The molecule has 5 rings (SSSR count). The van der Waals surface area contributed by atoms with Gasteiger partial charge < -0.3 is 19.9 Å². The van der Waals surface area contributed by atoms with Crippen molar-refractivity contribution in [2.75, 3.05) is 52.3 Å². The highest BCUT2D eigenvalue weighted by molar-refractivity contribution is 5.94. The van der Waals surface area contributed by atoms with Crippen molar-refractivity contribution in [3.63, 3.8) is 0 Å². The van der Waals surface area contributed by atoms with E-state index >= 15 is 0 Å². The molecule has 0 radical (unpaired) electrons. The summed E-state index contributed by atoms with van der Waals surface area (Å²) in [5, 5.41) is 12.5. The molecule has 3 aliphatic rings. The number of aromatic nitrogens is 2. The summed E-state index contributed by atoms with van der Waals surface area (Å²) >= 11 is 0. The van der Waals surface area contributed by atoms with Gasteiger partial charge in [-0.2, -0.15) is 0 Å². The molecule has 33 heavy (non-hydrogen) atoms. The Labute approximate surface area is 196 Å². The molecule has 7 nitrogen and oxygen atoms in total. The van der Waals surface area contributed by atoms with Crippen molar-refractivity contribution in [1.29, 1.82) is 0 Å². The van der Waals surface area contributed by atoms with Gasteiger partial charge in [0.2, 0.25) is 0 Å². The van der Waals surface area contributed by atoms with Crippen molar-refractivity contribution in [2.45, 2.75) is 31.7 Å². The zero-order chi connectivity index (χ0) is 22.8. The molecule has 0 spiro atoms. The van der Waals surface area contributed by atoms with Crippen LogP contribution >= 0.6 is 0 Å². The molecule has 1 N–H and O–H groups in total. The number of amides is 1. The lowest BCUT2D eigenvalue weighted by molar-refractivity contribution is 0.0545. The first kappa shape index (κ1) is 22.3. The monoisotopic (exact) mass is 449 g/mol. The number of carbonyl (C=O) groups excluding carboxylic acids is 1. The van der Waals surface area contributed by atoms with Gasteiger partial charge in [-0.05, 0) is 67.7 Å². The molecule has 2 aliphatic heterocycles. The predicted octanol–water partition coefficient (Wildman–Crippen LogP) is 3.39. The summed E-state index contributed by atoms with van der Waals surface area (Å²) in [5.74, 6) is 3.28. The summed E-state index contributed by atoms with van der Waals surface area (Å²) < 4.78 is 5.51. The first-order chi connectivity index (χ1) is 16.0. The van der Waals surface area contributed by atoms with Crippen LogP contribution in [-0.4, -0.2) is 78.9 Å². The summed E-state index contributed by atoms with van der Waals surface area (Å²) in [6.45, 7) is 5.64. The van der Waals surface area contributed by atoms with Gasteiger partial charge in [0, 0.05) is 64.1 Å². The zero-order valence-corrected chi connectivity index (χ0v) is 19.7. The molecule has 1 amide bonds. The zero-order valence-electron chi connectivity index (χ0n) is 19.7. The van der Waals surface area contributed by atoms with Crippen LogP contribution in [0.15, 0.2) is 36.4 Å². The molecule has 1 unspecified atom stereocenters. The number of benzene rings is 1. The fourth-order valence-electron chi connectivity index (χ4n) is 5.77. The van der Waals surface area contributed by atoms with E-state index in [1.807, 2.05) is 36.4 Å². The fourth-order valence-corrected chi connectivity index (χ4v) is 5.77. The Bertz CT molecular complexity index is 926. The van der Waals surface area contributed by atoms with E-state index < -0.39 is 0 Å². The van der Waals surface area contributed by atoms with Crippen molar-refractivity contribution < 1.29 is 9.53 Å². The van der Waals surface area contributed by atoms with Crippen LogP contribution in [-0.2, 0) is 4.74 Å². The summed E-state index contributed by atoms with van der Waals surface area (Å²) in [7, 11) is 3.52. The Morgan fingerprint density at radius 1 is 1.03 bits per heavy atom. The molecule has 2 saturated heterocycles. The molecule has 1 aromatic heterocycles. The Morgan fingerprint density at radius 2 is 1.73 bits per heavy atom. The second-order valence-corrected chi connectivity index (χ2v) is 10.2. The molecule has 176 valence electrons. The van der Waals surface area contributed by atoms with Crippen LogP contribution in [0.5, 0.6) is 0 Å². The van der Waals surface area contributed by atoms with Crippen LogP contribution < -0.4 is 5.32 Å². The minimum Gasteiger partial charge on any atom is -0.381 e. The standard InChI is InChI=1S/C26H35N5O2/c1-30(2)26(32)20-5-3-19(4-6-20)24-7-8-25(29-28-24)27-23-13-21-16-31(17-22(21)14-23)15-18-9-11-33-12-10-18/h3-8,18,21-23H,9-17H2,1-2H3,(H,27,29)/t21-,22+,23?. The fraction of sp³-hybridized carbons (Fsp3) is 0.577. The second kappa shape index (κ2) is 9.77. The minimum atomic E-state index is 0.000203. The molecule has 1 aliphatic carbocycles. The first-order valence-corrected chi connectivity index (χ1v) is 12.3. The largest absolute Gasteiger partial charge is 0.381 e. The topological polar surface area (TPSA) is 70.6 Å². The van der Waals surface area contributed by atoms with E-state index in [1.54, 1.807) is 19.0 Å². The first-order valence-electron chi connectivity index (χ1n) is 12.3. The van der Waals surface area contributed by atoms with Gasteiger partial charge in [0.15, 0.2) is 0 Å². The number of ether oxygens (including phenoxy) is 1. The SMILES string of the molecule is CN(C)C(=O)c1ccc(-c2ccc(NC3C[C@@H]4CN(CC5CCOCC5)C[C@@H]4C3)nn2)cc1. The van der Waals surface area contributed by atoms with Crippen LogP contribution in [0.3, 0.4) is 0 Å². The molecule has 7 heteroatoms. The molecular formula is C26H35N5O2. The molecular weight excluding hydrogens is 414 g/mol. The van der Waals surface area contributed by atoms with Gasteiger partial charge in [0.05, 0.1) is 5.69 Å². The molecule has 1 aromatic carbocycles. The van der Waals surface area contributed by atoms with Gasteiger partial charge in [0.25, 0.3) is 5.91 Å². The van der Waals surface area contributed by atoms with Crippen molar-refractivity contribution in [3.8, 4) is 11.3 Å². The maximum absolute atomic E-state index is 12.1. The van der Waals surface area contributed by atoms with E-state index in [0.29, 0.717) is 11.6 Å². The lowest BCUT2D eigenvalue weighted by Gasteiger charge is -2.27. The predicted molar refractivity (Wildman–Crippen MR) is 129 cm³/mol. The molecule has 0 bridgehead atoms. The number of carbonyl (C=O) groups is 1. The van der Waals surface area contributed by atoms with Crippen LogP contribution in [0.4, 0.5) is 5.82 Å². The summed E-state index contributed by atoms with van der Waals surface area (Å²) in [6, 6.07) is 12.1. The summed E-state index contributed by atoms with van der Waals surface area (Å²) in [5.41, 5.74) is 2.45. The van der Waals surface area contributed by atoms with E-state index in [9.17, 15) is 4.79 Å². The number of likely N-dealkylation sites (tertiary alicyclic amines) is 1. The highest BCUT2D eigenvalue weighted by Gasteiger charge is 2.41. The third-order valence-corrected chi connectivity index (χ3v) is 7.53. The molecule has 3 atom stereocenters. The number of fused-ring (bicyclic) bond motifs is 1. The average molecular weight is 450 g/mol. The number of hydrogen-bond acceptors (Lipinski definition) is 6. The van der Waals surface area contributed by atoms with Crippen molar-refractivity contribution in [3.05, 3.63) is 42.0 Å². The Balaban J connectivity index is 1.12. The van der Waals surface area contributed by atoms with E-state index in [1.165, 1.54) is 45.3 Å². The third kappa shape index (κ3) is 5.20. The Morgan fingerprint density at radius 3 is 2.33 bits per heavy atom. The maximum Gasteiger partial charge on any atom is 0.253 e. The van der Waals surface area contributed by atoms with Crippen LogP contribution in [0, 0.1) is 17.8 Å². The van der Waals surface area contributed by atoms with Crippen molar-refractivity contribution >= 4 is 11.7 Å². The highest BCUT2D eigenvalue weighted by Crippen LogP contribution is 2.39. The van der Waals surface area contributed by atoms with Crippen LogP contribution in [0.2, 0.25) is 0 Å². The van der Waals surface area contributed by atoms with E-state index in [-0.39, 0.29) is 5.91 Å². The smallest absolute Gasteiger partial charge is 0.253 e. The van der Waals surface area contributed by atoms with Gasteiger partial charge in [-0.3, -0.25) is 4.79 Å². The number of rotatable bonds is 6. The Hall–Kier alpha value is -2.51. The Kier molecular flexibility index (Phi) is 6.60. The van der Waals surface area contributed by atoms with E-state index in [2.05, 4.69) is 20.4 Å².